The van der Waals surface area contributed by atoms with E-state index in [-0.39, 0.29) is 29.7 Å². The zero-order chi connectivity index (χ0) is 17.5. The van der Waals surface area contributed by atoms with Crippen molar-refractivity contribution in [1.29, 1.82) is 0 Å². The Morgan fingerprint density at radius 3 is 2.88 bits per heavy atom. The Morgan fingerprint density at radius 2 is 2.21 bits per heavy atom. The zero-order valence-electron chi connectivity index (χ0n) is 14.3. The first-order chi connectivity index (χ1) is 11.5. The topological polar surface area (TPSA) is 58.6 Å². The molecule has 24 heavy (non-hydrogen) atoms. The van der Waals surface area contributed by atoms with Crippen LogP contribution in [0.25, 0.3) is 0 Å². The lowest BCUT2D eigenvalue weighted by Gasteiger charge is -2.35. The number of ether oxygens (including phenoxy) is 1. The molecule has 0 unspecified atom stereocenters. The molecule has 0 radical (unpaired) electrons. The minimum Gasteiger partial charge on any atom is -0.469 e. The molecular weight excluding hydrogens is 311 g/mol. The predicted molar refractivity (Wildman–Crippen MR) is 89.0 cm³/mol. The Balaban J connectivity index is 1.70. The smallest absolute Gasteiger partial charge is 0.317 e. The molecule has 2 atom stereocenters. The van der Waals surface area contributed by atoms with Crippen molar-refractivity contribution >= 4 is 12.0 Å². The lowest BCUT2D eigenvalue weighted by atomic mass is 9.87. The summed E-state index contributed by atoms with van der Waals surface area (Å²) in [6, 6.07) is 6.40. The normalized spacial score (nSPS) is 20.5. The predicted octanol–water partition coefficient (Wildman–Crippen LogP) is 2.60. The van der Waals surface area contributed by atoms with E-state index in [9.17, 15) is 14.0 Å². The highest BCUT2D eigenvalue weighted by molar-refractivity contribution is 5.76. The summed E-state index contributed by atoms with van der Waals surface area (Å²) in [5.74, 6) is -0.479. The third-order valence-corrected chi connectivity index (χ3v) is 4.50. The molecule has 1 saturated heterocycles. The monoisotopic (exact) mass is 336 g/mol. The maximum absolute atomic E-state index is 13.1. The Hall–Kier alpha value is -2.11. The van der Waals surface area contributed by atoms with E-state index in [2.05, 4.69) is 5.32 Å². The van der Waals surface area contributed by atoms with E-state index in [4.69, 9.17) is 4.74 Å². The molecule has 0 spiro atoms. The van der Waals surface area contributed by atoms with Gasteiger partial charge in [0.2, 0.25) is 0 Å². The first-order valence-electron chi connectivity index (χ1n) is 8.36. The molecule has 5 nitrogen and oxygen atoms in total. The van der Waals surface area contributed by atoms with Gasteiger partial charge >= 0.3 is 12.0 Å². The fourth-order valence-electron chi connectivity index (χ4n) is 3.12. The van der Waals surface area contributed by atoms with Crippen LogP contribution in [0.1, 0.15) is 25.3 Å². The molecule has 0 saturated carbocycles. The molecule has 1 aliphatic heterocycles. The van der Waals surface area contributed by atoms with E-state index in [1.807, 2.05) is 13.0 Å². The Kier molecular flexibility index (Phi) is 6.58. The van der Waals surface area contributed by atoms with Crippen LogP contribution in [-0.2, 0) is 16.0 Å². The van der Waals surface area contributed by atoms with Crippen LogP contribution >= 0.6 is 0 Å². The highest BCUT2D eigenvalue weighted by Crippen LogP contribution is 2.24. The van der Waals surface area contributed by atoms with E-state index < -0.39 is 0 Å². The lowest BCUT2D eigenvalue weighted by molar-refractivity contribution is -0.148. The van der Waals surface area contributed by atoms with Crippen molar-refractivity contribution in [1.82, 2.24) is 10.2 Å². The molecule has 1 aliphatic rings. The van der Waals surface area contributed by atoms with Gasteiger partial charge in [0.05, 0.1) is 13.0 Å². The van der Waals surface area contributed by atoms with Crippen LogP contribution in [0, 0.1) is 17.7 Å². The number of amides is 2. The van der Waals surface area contributed by atoms with E-state index in [0.29, 0.717) is 26.1 Å². The number of rotatable bonds is 5. The first kappa shape index (κ1) is 18.2. The molecule has 0 bridgehead atoms. The van der Waals surface area contributed by atoms with E-state index in [1.54, 1.807) is 11.0 Å². The minimum absolute atomic E-state index is 0.0873. The molecule has 1 N–H and O–H groups in total. The summed E-state index contributed by atoms with van der Waals surface area (Å²) in [6.45, 7) is 3.61. The highest BCUT2D eigenvalue weighted by Gasteiger charge is 2.33. The Labute approximate surface area is 142 Å². The van der Waals surface area contributed by atoms with E-state index in [0.717, 1.165) is 18.4 Å². The number of aryl methyl sites for hydroxylation is 1. The summed E-state index contributed by atoms with van der Waals surface area (Å²) in [7, 11) is 1.40. The number of carbonyl (C=O) groups excluding carboxylic acids is 2. The third kappa shape index (κ3) is 4.94. The summed E-state index contributed by atoms with van der Waals surface area (Å²) >= 11 is 0. The van der Waals surface area contributed by atoms with Crippen molar-refractivity contribution in [3.8, 4) is 0 Å². The van der Waals surface area contributed by atoms with Gasteiger partial charge in [0.15, 0.2) is 0 Å². The van der Waals surface area contributed by atoms with Gasteiger partial charge in [0, 0.05) is 19.6 Å². The van der Waals surface area contributed by atoms with Crippen molar-refractivity contribution in [3.63, 3.8) is 0 Å². The number of esters is 1. The van der Waals surface area contributed by atoms with Gasteiger partial charge in [-0.1, -0.05) is 19.1 Å². The SMILES string of the molecule is COC(=O)[C@@H]1CCN(C(=O)NCCCc2cccc(F)c2)C[C@@H]1C. The molecule has 132 valence electrons. The minimum atomic E-state index is -0.237. The second-order valence-corrected chi connectivity index (χ2v) is 6.31. The van der Waals surface area contributed by atoms with Crippen molar-refractivity contribution < 1.29 is 18.7 Å². The number of methoxy groups -OCH3 is 1. The number of hydrogen-bond acceptors (Lipinski definition) is 3. The number of urea groups is 1. The van der Waals surface area contributed by atoms with Crippen molar-refractivity contribution in [3.05, 3.63) is 35.6 Å². The van der Waals surface area contributed by atoms with Crippen LogP contribution in [-0.4, -0.2) is 43.6 Å². The molecule has 1 aromatic carbocycles. The zero-order valence-corrected chi connectivity index (χ0v) is 14.3. The van der Waals surface area contributed by atoms with Gasteiger partial charge < -0.3 is 15.0 Å². The van der Waals surface area contributed by atoms with Gasteiger partial charge in [0.1, 0.15) is 5.82 Å². The molecule has 6 heteroatoms. The molecule has 2 amide bonds. The quantitative estimate of drug-likeness (QED) is 0.664. The summed E-state index contributed by atoms with van der Waals surface area (Å²) in [6.07, 6.45) is 2.10. The average Bonchev–Trinajstić information content (AvgIpc) is 2.58. The highest BCUT2D eigenvalue weighted by atomic mass is 19.1. The molecule has 1 aromatic rings. The number of nitrogens with one attached hydrogen (secondary N) is 1. The van der Waals surface area contributed by atoms with Crippen LogP contribution < -0.4 is 5.32 Å². The standard InChI is InChI=1S/C18H25FN2O3/c1-13-12-21(10-8-16(13)17(22)24-2)18(23)20-9-4-6-14-5-3-7-15(19)11-14/h3,5,7,11,13,16H,4,6,8-10,12H2,1-2H3,(H,20,23)/t13-,16+/m0/s1. The van der Waals surface area contributed by atoms with Crippen LogP contribution in [0.2, 0.25) is 0 Å². The second kappa shape index (κ2) is 8.66. The number of piperidine rings is 1. The fourth-order valence-corrected chi connectivity index (χ4v) is 3.12. The van der Waals surface area contributed by atoms with Crippen molar-refractivity contribution in [2.24, 2.45) is 11.8 Å². The van der Waals surface area contributed by atoms with Crippen LogP contribution in [0.15, 0.2) is 24.3 Å². The number of likely N-dealkylation sites (tertiary alicyclic amines) is 1. The molecular formula is C18H25FN2O3. The average molecular weight is 336 g/mol. The van der Waals surface area contributed by atoms with Crippen LogP contribution in [0.4, 0.5) is 9.18 Å². The largest absolute Gasteiger partial charge is 0.469 e. The maximum atomic E-state index is 13.1. The number of carbonyl (C=O) groups is 2. The van der Waals surface area contributed by atoms with E-state index in [1.165, 1.54) is 19.2 Å². The number of nitrogens with zero attached hydrogens (tertiary/aromatic N) is 1. The summed E-state index contributed by atoms with van der Waals surface area (Å²) in [5, 5.41) is 2.89. The lowest BCUT2D eigenvalue weighted by Crippen LogP contribution is -2.49. The third-order valence-electron chi connectivity index (χ3n) is 4.50. The fraction of sp³-hybridized carbons (Fsp3) is 0.556. The van der Waals surface area contributed by atoms with Gasteiger partial charge in [-0.3, -0.25) is 4.79 Å². The Bertz CT molecular complexity index is 579. The van der Waals surface area contributed by atoms with Crippen molar-refractivity contribution in [2.75, 3.05) is 26.7 Å². The molecule has 0 aromatic heterocycles. The van der Waals surface area contributed by atoms with Gasteiger partial charge in [-0.05, 0) is 42.9 Å². The molecule has 1 heterocycles. The van der Waals surface area contributed by atoms with Gasteiger partial charge in [-0.15, -0.1) is 0 Å². The summed E-state index contributed by atoms with van der Waals surface area (Å²) in [4.78, 5) is 25.6. The molecule has 1 fully saturated rings. The molecule has 0 aliphatic carbocycles. The van der Waals surface area contributed by atoms with Crippen LogP contribution in [0.5, 0.6) is 0 Å². The maximum Gasteiger partial charge on any atom is 0.317 e. The van der Waals surface area contributed by atoms with Gasteiger partial charge in [0.25, 0.3) is 0 Å². The number of halogens is 1. The summed E-state index contributed by atoms with van der Waals surface area (Å²) < 4.78 is 17.9. The Morgan fingerprint density at radius 1 is 1.42 bits per heavy atom. The van der Waals surface area contributed by atoms with Gasteiger partial charge in [-0.25, -0.2) is 9.18 Å². The van der Waals surface area contributed by atoms with E-state index >= 15 is 0 Å². The summed E-state index contributed by atoms with van der Waals surface area (Å²) in [5.41, 5.74) is 0.928. The number of hydrogen-bond donors (Lipinski definition) is 1. The van der Waals surface area contributed by atoms with Gasteiger partial charge in [-0.2, -0.15) is 0 Å². The molecule has 2 rings (SSSR count). The van der Waals surface area contributed by atoms with Crippen LogP contribution in [0.3, 0.4) is 0 Å². The second-order valence-electron chi connectivity index (χ2n) is 6.31. The number of benzene rings is 1. The van der Waals surface area contributed by atoms with Crippen molar-refractivity contribution in [2.45, 2.75) is 26.2 Å². The first-order valence-corrected chi connectivity index (χ1v) is 8.36.